The molecule has 0 unspecified atom stereocenters. The zero-order valence-electron chi connectivity index (χ0n) is 27.6. The molecule has 3 heterocycles. The number of carbonyl (C=O) groups is 1. The van der Waals surface area contributed by atoms with Crippen LogP contribution in [0.1, 0.15) is 52.4 Å². The third-order valence-corrected chi connectivity index (χ3v) is 8.62. The maximum Gasteiger partial charge on any atom is 0.217 e. The number of aliphatic hydroxyl groups is 8. The lowest BCUT2D eigenvalue weighted by molar-refractivity contribution is -0.376. The minimum absolute atomic E-state index is 0.0825. The van der Waals surface area contributed by atoms with Crippen molar-refractivity contribution in [1.82, 2.24) is 5.32 Å². The van der Waals surface area contributed by atoms with Gasteiger partial charge in [0.2, 0.25) is 5.91 Å². The minimum Gasteiger partial charge on any atom is -0.394 e. The minimum atomic E-state index is -1.86. The standard InChI is InChI=1S/C30H56N2O16/c1-3-4-5-6-7-8-10-43-28-19(32-15(2)35)22(38)26(17(13-34)45-28)47-30-25(41)27(21(37)18(46-30)14-42-11-9-31)48-29-24(40)23(39)20(36)16(12-33)44-29/h16-30,33-34,36-41H,3-14,31H2,1-2H3,(H,32,35)/t16-,17-,18-,19-,20+,21+,22-,23+,24-,25-,26-,27+,28-,29-,30+/m1/s1. The van der Waals surface area contributed by atoms with Crippen molar-refractivity contribution in [3.05, 3.63) is 0 Å². The first-order chi connectivity index (χ1) is 23.0. The molecule has 18 nitrogen and oxygen atoms in total. The van der Waals surface area contributed by atoms with Crippen molar-refractivity contribution in [2.24, 2.45) is 5.73 Å². The van der Waals surface area contributed by atoms with Gasteiger partial charge in [-0.25, -0.2) is 0 Å². The lowest BCUT2D eigenvalue weighted by Gasteiger charge is -2.49. The molecule has 11 N–H and O–H groups in total. The highest BCUT2D eigenvalue weighted by Gasteiger charge is 2.54. The van der Waals surface area contributed by atoms with E-state index in [9.17, 15) is 45.6 Å². The largest absolute Gasteiger partial charge is 0.394 e. The van der Waals surface area contributed by atoms with E-state index in [1.54, 1.807) is 0 Å². The second kappa shape index (κ2) is 20.6. The molecule has 0 radical (unpaired) electrons. The van der Waals surface area contributed by atoms with Crippen molar-refractivity contribution in [3.8, 4) is 0 Å². The van der Waals surface area contributed by atoms with Gasteiger partial charge in [-0.15, -0.1) is 0 Å². The summed E-state index contributed by atoms with van der Waals surface area (Å²) in [5.41, 5.74) is 5.50. The summed E-state index contributed by atoms with van der Waals surface area (Å²) in [4.78, 5) is 12.1. The van der Waals surface area contributed by atoms with Gasteiger partial charge in [-0.1, -0.05) is 39.0 Å². The molecule has 3 aliphatic rings. The van der Waals surface area contributed by atoms with Gasteiger partial charge in [-0.05, 0) is 6.42 Å². The van der Waals surface area contributed by atoms with Crippen LogP contribution in [-0.4, -0.2) is 178 Å². The van der Waals surface area contributed by atoms with Crippen molar-refractivity contribution >= 4 is 5.91 Å². The molecule has 18 heteroatoms. The molecule has 282 valence electrons. The fourth-order valence-electron chi connectivity index (χ4n) is 5.93. The zero-order chi connectivity index (χ0) is 35.4. The summed E-state index contributed by atoms with van der Waals surface area (Å²) >= 11 is 0. The summed E-state index contributed by atoms with van der Waals surface area (Å²) < 4.78 is 40.2. The molecule has 3 fully saturated rings. The Balaban J connectivity index is 1.78. The maximum atomic E-state index is 12.1. The Bertz CT molecular complexity index is 922. The molecule has 0 aromatic heterocycles. The van der Waals surface area contributed by atoms with Crippen LogP contribution in [0.25, 0.3) is 0 Å². The first kappa shape index (κ1) is 41.3. The summed E-state index contributed by atoms with van der Waals surface area (Å²) in [6, 6.07) is -1.15. The van der Waals surface area contributed by atoms with E-state index < -0.39 is 111 Å². The molecular weight excluding hydrogens is 644 g/mol. The van der Waals surface area contributed by atoms with Crippen molar-refractivity contribution in [2.45, 2.75) is 144 Å². The first-order valence-corrected chi connectivity index (χ1v) is 16.7. The molecule has 48 heavy (non-hydrogen) atoms. The number of aliphatic hydroxyl groups excluding tert-OH is 8. The van der Waals surface area contributed by atoms with Crippen LogP contribution in [0.2, 0.25) is 0 Å². The molecule has 3 rings (SSSR count). The van der Waals surface area contributed by atoms with Crippen LogP contribution in [0.5, 0.6) is 0 Å². The average molecular weight is 701 g/mol. The first-order valence-electron chi connectivity index (χ1n) is 16.7. The maximum absolute atomic E-state index is 12.1. The van der Waals surface area contributed by atoms with Crippen LogP contribution in [0.15, 0.2) is 0 Å². The monoisotopic (exact) mass is 700 g/mol. The van der Waals surface area contributed by atoms with E-state index in [0.717, 1.165) is 32.1 Å². The second-order valence-electron chi connectivity index (χ2n) is 12.4. The summed E-state index contributed by atoms with van der Waals surface area (Å²) in [7, 11) is 0. The molecule has 3 saturated heterocycles. The molecular formula is C30H56N2O16. The third kappa shape index (κ3) is 10.9. The van der Waals surface area contributed by atoms with Crippen LogP contribution >= 0.6 is 0 Å². The highest BCUT2D eigenvalue weighted by Crippen LogP contribution is 2.33. The van der Waals surface area contributed by atoms with Crippen molar-refractivity contribution < 1.29 is 78.8 Å². The van der Waals surface area contributed by atoms with Crippen LogP contribution in [-0.2, 0) is 38.0 Å². The quantitative estimate of drug-likeness (QED) is 0.0574. The highest BCUT2D eigenvalue weighted by atomic mass is 16.8. The summed E-state index contributed by atoms with van der Waals surface area (Å²) in [6.45, 7) is 2.20. The zero-order valence-corrected chi connectivity index (χ0v) is 27.6. The number of amides is 1. The van der Waals surface area contributed by atoms with Gasteiger partial charge >= 0.3 is 0 Å². The van der Waals surface area contributed by atoms with E-state index in [4.69, 9.17) is 38.9 Å². The predicted molar refractivity (Wildman–Crippen MR) is 163 cm³/mol. The Kier molecular flexibility index (Phi) is 17.7. The molecule has 0 aliphatic carbocycles. The van der Waals surface area contributed by atoms with Crippen LogP contribution < -0.4 is 11.1 Å². The highest BCUT2D eigenvalue weighted by molar-refractivity contribution is 5.73. The number of carbonyl (C=O) groups excluding carboxylic acids is 1. The number of ether oxygens (including phenoxy) is 7. The van der Waals surface area contributed by atoms with Crippen molar-refractivity contribution in [1.29, 1.82) is 0 Å². The van der Waals surface area contributed by atoms with Crippen molar-refractivity contribution in [3.63, 3.8) is 0 Å². The normalized spacial score (nSPS) is 40.5. The summed E-state index contributed by atoms with van der Waals surface area (Å²) in [5.74, 6) is -0.501. The Labute approximate surface area is 280 Å². The molecule has 0 aromatic carbocycles. The van der Waals surface area contributed by atoms with Gasteiger partial charge in [0.15, 0.2) is 18.9 Å². The molecule has 0 spiro atoms. The van der Waals surface area contributed by atoms with Gasteiger partial charge in [-0.2, -0.15) is 0 Å². The molecule has 1 amide bonds. The molecule has 0 aromatic rings. The Morgan fingerprint density at radius 3 is 1.94 bits per heavy atom. The number of hydrogen-bond donors (Lipinski definition) is 10. The Morgan fingerprint density at radius 2 is 1.29 bits per heavy atom. The number of hydrogen-bond acceptors (Lipinski definition) is 17. The molecule has 0 saturated carbocycles. The van der Waals surface area contributed by atoms with Gasteiger partial charge in [0.05, 0.1) is 26.4 Å². The molecule has 0 bridgehead atoms. The van der Waals surface area contributed by atoms with E-state index in [-0.39, 0.29) is 26.4 Å². The van der Waals surface area contributed by atoms with E-state index in [1.165, 1.54) is 6.92 Å². The number of rotatable bonds is 19. The van der Waals surface area contributed by atoms with Gasteiger partial charge in [0.25, 0.3) is 0 Å². The van der Waals surface area contributed by atoms with Crippen LogP contribution in [0.4, 0.5) is 0 Å². The van der Waals surface area contributed by atoms with Gasteiger partial charge in [0.1, 0.15) is 73.2 Å². The molecule has 15 atom stereocenters. The average Bonchev–Trinajstić information content (AvgIpc) is 3.06. The van der Waals surface area contributed by atoms with E-state index in [2.05, 4.69) is 12.2 Å². The topological polar surface area (TPSA) is 282 Å². The number of nitrogens with one attached hydrogen (secondary N) is 1. The second-order valence-corrected chi connectivity index (χ2v) is 12.4. The van der Waals surface area contributed by atoms with E-state index in [1.807, 2.05) is 0 Å². The fourth-order valence-corrected chi connectivity index (χ4v) is 5.93. The summed E-state index contributed by atoms with van der Waals surface area (Å²) in [5, 5.41) is 87.1. The van der Waals surface area contributed by atoms with Gasteiger partial charge in [-0.3, -0.25) is 4.79 Å². The van der Waals surface area contributed by atoms with E-state index >= 15 is 0 Å². The smallest absolute Gasteiger partial charge is 0.217 e. The van der Waals surface area contributed by atoms with E-state index in [0.29, 0.717) is 6.42 Å². The number of nitrogens with two attached hydrogens (primary N) is 1. The molecule has 3 aliphatic heterocycles. The predicted octanol–water partition coefficient (Wildman–Crippen LogP) is -4.06. The van der Waals surface area contributed by atoms with Crippen molar-refractivity contribution in [2.75, 3.05) is 39.6 Å². The van der Waals surface area contributed by atoms with Crippen LogP contribution in [0.3, 0.4) is 0 Å². The Morgan fingerprint density at radius 1 is 0.688 bits per heavy atom. The van der Waals surface area contributed by atoms with Gasteiger partial charge in [0, 0.05) is 20.1 Å². The number of unbranched alkanes of at least 4 members (excludes halogenated alkanes) is 5. The lowest BCUT2D eigenvalue weighted by Crippen LogP contribution is -2.68. The van der Waals surface area contributed by atoms with Gasteiger partial charge < -0.3 is 85.1 Å². The third-order valence-electron chi connectivity index (χ3n) is 8.62. The van der Waals surface area contributed by atoms with Crippen LogP contribution in [0, 0.1) is 0 Å². The lowest BCUT2D eigenvalue weighted by atomic mass is 9.95. The fraction of sp³-hybridized carbons (Fsp3) is 0.967. The Hall–Kier alpha value is -1.17. The summed E-state index contributed by atoms with van der Waals surface area (Å²) in [6.07, 6.45) is -15.8. The SMILES string of the molecule is CCCCCCCCO[C@@H]1O[C@H](CO)[C@@H](O[C@@H]2O[C@H](COCCN)[C@H](O)[C@H](O[C@H]3O[C@H](CO)[C@H](O)[C@H](O)[C@H]3O)[C@H]2O)[C@H](O)[C@H]1NC(C)=O.